The molecule has 2 N–H and O–H groups in total. The fourth-order valence-corrected chi connectivity index (χ4v) is 4.76. The van der Waals surface area contributed by atoms with Crippen LogP contribution in [0.5, 0.6) is 5.75 Å². The summed E-state index contributed by atoms with van der Waals surface area (Å²) >= 11 is 0. The molecule has 0 unspecified atom stereocenters. The minimum atomic E-state index is -0.256. The Balaban J connectivity index is 0.00000117. The first-order chi connectivity index (χ1) is 16.7. The molecule has 1 aliphatic carbocycles. The summed E-state index contributed by atoms with van der Waals surface area (Å²) in [7, 11) is 1.66. The maximum Gasteiger partial charge on any atom is 0.253 e. The summed E-state index contributed by atoms with van der Waals surface area (Å²) in [5, 5.41) is 16.6. The second kappa shape index (κ2) is 9.06. The topological polar surface area (TPSA) is 110 Å². The van der Waals surface area contributed by atoms with E-state index in [4.69, 9.17) is 9.15 Å². The molecule has 1 saturated heterocycles. The second-order valence-corrected chi connectivity index (χ2v) is 8.62. The lowest BCUT2D eigenvalue weighted by molar-refractivity contribution is 0.414. The smallest absolute Gasteiger partial charge is 0.253 e. The van der Waals surface area contributed by atoms with E-state index in [0.29, 0.717) is 23.0 Å². The van der Waals surface area contributed by atoms with Gasteiger partial charge in [-0.2, -0.15) is 5.10 Å². The first kappa shape index (κ1) is 22.3. The molecule has 4 heterocycles. The zero-order valence-corrected chi connectivity index (χ0v) is 19.8. The minimum absolute atomic E-state index is 0.149. The number of fused-ring (bicyclic) bond motifs is 1. The number of piperidine rings is 1. The maximum absolute atomic E-state index is 12.5. The molecule has 0 atom stereocenters. The van der Waals surface area contributed by atoms with Crippen molar-refractivity contribution in [3.63, 3.8) is 0 Å². The van der Waals surface area contributed by atoms with Crippen molar-refractivity contribution in [2.24, 2.45) is 0 Å². The lowest BCUT2D eigenvalue weighted by atomic mass is 9.94. The quantitative estimate of drug-likeness (QED) is 0.466. The molecule has 178 valence electrons. The van der Waals surface area contributed by atoms with Crippen LogP contribution >= 0.6 is 0 Å². The van der Waals surface area contributed by atoms with Gasteiger partial charge < -0.3 is 19.5 Å². The highest BCUT2D eigenvalue weighted by Crippen LogP contribution is 2.53. The monoisotopic (exact) mass is 462 g/mol. The number of aromatic nitrogens is 5. The van der Waals surface area contributed by atoms with Crippen LogP contribution in [0.3, 0.4) is 0 Å². The van der Waals surface area contributed by atoms with Crippen molar-refractivity contribution in [3.8, 4) is 17.2 Å². The molecule has 2 fully saturated rings. The third-order valence-electron chi connectivity index (χ3n) is 6.75. The van der Waals surface area contributed by atoms with Crippen LogP contribution in [0.1, 0.15) is 62.6 Å². The summed E-state index contributed by atoms with van der Waals surface area (Å²) in [6, 6.07) is 9.65. The number of methoxy groups -OCH3 is 1. The zero-order chi connectivity index (χ0) is 23.7. The average Bonchev–Trinajstić information content (AvgIpc) is 3.35. The van der Waals surface area contributed by atoms with E-state index in [2.05, 4.69) is 25.6 Å². The molecule has 0 amide bonds. The largest absolute Gasteiger partial charge is 0.497 e. The summed E-state index contributed by atoms with van der Waals surface area (Å²) in [4.78, 5) is 15.4. The van der Waals surface area contributed by atoms with Crippen LogP contribution in [-0.2, 0) is 5.41 Å². The summed E-state index contributed by atoms with van der Waals surface area (Å²) in [5.41, 5.74) is 2.89. The van der Waals surface area contributed by atoms with Crippen LogP contribution in [0.15, 0.2) is 45.7 Å². The lowest BCUT2D eigenvalue weighted by Gasteiger charge is -2.23. The number of benzene rings is 1. The van der Waals surface area contributed by atoms with Crippen molar-refractivity contribution in [1.82, 2.24) is 30.1 Å². The molecular weight excluding hydrogens is 432 g/mol. The van der Waals surface area contributed by atoms with E-state index in [1.165, 1.54) is 0 Å². The Morgan fingerprint density at radius 2 is 1.85 bits per heavy atom. The lowest BCUT2D eigenvalue weighted by Crippen LogP contribution is -2.28. The highest BCUT2D eigenvalue weighted by atomic mass is 16.5. The van der Waals surface area contributed by atoms with E-state index in [-0.39, 0.29) is 16.9 Å². The number of hydrogen-bond acceptors (Lipinski definition) is 7. The Morgan fingerprint density at radius 3 is 2.53 bits per heavy atom. The van der Waals surface area contributed by atoms with Gasteiger partial charge in [-0.15, -0.1) is 10.2 Å². The Hall–Kier alpha value is -3.46. The zero-order valence-electron chi connectivity index (χ0n) is 19.8. The minimum Gasteiger partial charge on any atom is -0.497 e. The Morgan fingerprint density at radius 1 is 1.12 bits per heavy atom. The first-order valence-corrected chi connectivity index (χ1v) is 12.0. The van der Waals surface area contributed by atoms with Crippen molar-refractivity contribution in [2.75, 3.05) is 20.2 Å². The number of H-pyrrole nitrogens is 1. The van der Waals surface area contributed by atoms with E-state index in [0.717, 1.165) is 55.8 Å². The van der Waals surface area contributed by atoms with Gasteiger partial charge in [0.1, 0.15) is 17.0 Å². The Bertz CT molecular complexity index is 1330. The summed E-state index contributed by atoms with van der Waals surface area (Å²) in [6.45, 7) is 5.88. The molecule has 9 heteroatoms. The molecule has 0 radical (unpaired) electrons. The number of rotatable bonds is 5. The fourth-order valence-electron chi connectivity index (χ4n) is 4.76. The molecule has 1 saturated carbocycles. The van der Waals surface area contributed by atoms with Gasteiger partial charge >= 0.3 is 0 Å². The third kappa shape index (κ3) is 3.79. The van der Waals surface area contributed by atoms with Crippen LogP contribution in [-0.4, -0.2) is 45.0 Å². The number of nitrogens with zero attached hydrogens (tertiary/aromatic N) is 4. The van der Waals surface area contributed by atoms with Gasteiger partial charge in [-0.05, 0) is 56.5 Å². The van der Waals surface area contributed by atoms with Gasteiger partial charge in [0.15, 0.2) is 0 Å². The van der Waals surface area contributed by atoms with E-state index < -0.39 is 0 Å². The summed E-state index contributed by atoms with van der Waals surface area (Å²) in [5.74, 6) is 2.06. The van der Waals surface area contributed by atoms with Crippen molar-refractivity contribution >= 4 is 5.65 Å². The van der Waals surface area contributed by atoms with E-state index in [9.17, 15) is 4.79 Å². The van der Waals surface area contributed by atoms with Crippen LogP contribution in [0, 0.1) is 0 Å². The van der Waals surface area contributed by atoms with Gasteiger partial charge in [0.25, 0.3) is 11.4 Å². The van der Waals surface area contributed by atoms with E-state index in [1.807, 2.05) is 42.6 Å². The highest BCUT2D eigenvalue weighted by Gasteiger charge is 2.50. The molecule has 3 aromatic heterocycles. The van der Waals surface area contributed by atoms with Crippen LogP contribution in [0.2, 0.25) is 0 Å². The van der Waals surface area contributed by atoms with Gasteiger partial charge in [0.2, 0.25) is 5.89 Å². The number of nitrogens with one attached hydrogen (secondary N) is 2. The van der Waals surface area contributed by atoms with Crippen LogP contribution in [0.4, 0.5) is 0 Å². The van der Waals surface area contributed by atoms with Gasteiger partial charge in [-0.25, -0.2) is 4.52 Å². The molecular formula is C25H30N6O3. The van der Waals surface area contributed by atoms with E-state index >= 15 is 0 Å². The Kier molecular flexibility index (Phi) is 5.95. The van der Waals surface area contributed by atoms with Gasteiger partial charge in [-0.3, -0.25) is 4.79 Å². The molecule has 34 heavy (non-hydrogen) atoms. The molecule has 0 spiro atoms. The molecule has 9 nitrogen and oxygen atoms in total. The summed E-state index contributed by atoms with van der Waals surface area (Å²) < 4.78 is 13.2. The summed E-state index contributed by atoms with van der Waals surface area (Å²) in [6.07, 6.45) is 5.55. The van der Waals surface area contributed by atoms with Gasteiger partial charge in [0, 0.05) is 12.0 Å². The molecule has 4 aromatic rings. The number of hydrogen-bond donors (Lipinski definition) is 2. The van der Waals surface area contributed by atoms with E-state index in [1.54, 1.807) is 19.4 Å². The fraction of sp³-hybridized carbons (Fsp3) is 0.440. The third-order valence-corrected chi connectivity index (χ3v) is 6.75. The number of ether oxygens (including phenoxy) is 1. The van der Waals surface area contributed by atoms with Crippen molar-refractivity contribution in [2.45, 2.75) is 50.9 Å². The standard InChI is InChI=1S/C23H24N6O3.C2H6/c1-31-16-4-2-15(3-5-16)23(8-9-23)22-28-27-21(32-22)17-13-25-29-18(12-19(30)26-20(17)29)14-6-10-24-11-7-14;1-2/h2-5,12-14,24H,6-11H2,1H3,(H,26,30);1-2H3. The van der Waals surface area contributed by atoms with Gasteiger partial charge in [0.05, 0.1) is 24.4 Å². The highest BCUT2D eigenvalue weighted by molar-refractivity contribution is 5.71. The van der Waals surface area contributed by atoms with Crippen molar-refractivity contribution < 1.29 is 9.15 Å². The maximum atomic E-state index is 12.5. The SMILES string of the molecule is CC.COc1ccc(C2(c3nnc(-c4cnn5c(C6CCNCC6)cc(=O)[nH]c45)o3)CC2)cc1. The second-order valence-electron chi connectivity index (χ2n) is 8.62. The number of aromatic amines is 1. The molecule has 1 aromatic carbocycles. The molecule has 2 aliphatic rings. The first-order valence-electron chi connectivity index (χ1n) is 12.0. The molecule has 6 rings (SSSR count). The normalized spacial score (nSPS) is 17.3. The van der Waals surface area contributed by atoms with Crippen molar-refractivity contribution in [3.05, 3.63) is 64.0 Å². The molecule has 1 aliphatic heterocycles. The van der Waals surface area contributed by atoms with Crippen LogP contribution < -0.4 is 15.6 Å². The average molecular weight is 463 g/mol. The molecule has 0 bridgehead atoms. The Labute approximate surface area is 197 Å². The van der Waals surface area contributed by atoms with Crippen molar-refractivity contribution in [1.29, 1.82) is 0 Å². The predicted molar refractivity (Wildman–Crippen MR) is 128 cm³/mol. The predicted octanol–water partition coefficient (Wildman–Crippen LogP) is 3.65. The van der Waals surface area contributed by atoms with Gasteiger partial charge in [-0.1, -0.05) is 26.0 Å². The van der Waals surface area contributed by atoms with Crippen LogP contribution in [0.25, 0.3) is 17.1 Å².